The van der Waals surface area contributed by atoms with E-state index >= 15 is 0 Å². The third kappa shape index (κ3) is 5.22. The fourth-order valence-electron chi connectivity index (χ4n) is 5.10. The zero-order valence-electron chi connectivity index (χ0n) is 20.8. The molecule has 5 rings (SSSR count). The molecule has 0 aliphatic heterocycles. The molecule has 2 heterocycles. The van der Waals surface area contributed by atoms with Crippen molar-refractivity contribution in [2.45, 2.75) is 51.5 Å². The Morgan fingerprint density at radius 1 is 1.14 bits per heavy atom. The van der Waals surface area contributed by atoms with Crippen molar-refractivity contribution >= 4 is 50.8 Å². The van der Waals surface area contributed by atoms with Gasteiger partial charge in [0.05, 0.1) is 13.5 Å². The number of hydrogen-bond acceptors (Lipinski definition) is 6. The topological polar surface area (TPSA) is 84.5 Å². The normalized spacial score (nSPS) is 14.0. The summed E-state index contributed by atoms with van der Waals surface area (Å²) in [5.41, 5.74) is 2.59. The van der Waals surface area contributed by atoms with Crippen LogP contribution >= 0.6 is 22.9 Å². The number of esters is 1. The Kier molecular flexibility index (Phi) is 7.48. The number of benzene rings is 2. The molecule has 1 amide bonds. The number of hydrogen-bond donors (Lipinski definition) is 1. The first-order valence-electron chi connectivity index (χ1n) is 12.3. The van der Waals surface area contributed by atoms with E-state index < -0.39 is 5.97 Å². The number of nitrogens with one attached hydrogen (secondary N) is 1. The molecule has 1 fully saturated rings. The van der Waals surface area contributed by atoms with Gasteiger partial charge in [0.15, 0.2) is 5.13 Å². The monoisotopic (exact) mass is 537 g/mol. The maximum absolute atomic E-state index is 13.9. The Hall–Kier alpha value is -3.36. The van der Waals surface area contributed by atoms with Crippen LogP contribution in [0.3, 0.4) is 0 Å². The highest BCUT2D eigenvalue weighted by Gasteiger charge is 2.31. The molecule has 1 aliphatic rings. The summed E-state index contributed by atoms with van der Waals surface area (Å²) in [6.07, 6.45) is 7.17. The van der Waals surface area contributed by atoms with Crippen molar-refractivity contribution in [2.75, 3.05) is 12.0 Å². The van der Waals surface area contributed by atoms with Crippen LogP contribution < -0.4 is 14.4 Å². The number of nitrogens with zero attached hydrogens (tertiary/aromatic N) is 2. The Morgan fingerprint density at radius 2 is 1.89 bits per heavy atom. The van der Waals surface area contributed by atoms with Crippen molar-refractivity contribution < 1.29 is 19.1 Å². The van der Waals surface area contributed by atoms with Crippen LogP contribution in [0, 0.1) is 6.92 Å². The predicted octanol–water partition coefficient (Wildman–Crippen LogP) is 6.72. The second-order valence-corrected chi connectivity index (χ2v) is 10.5. The van der Waals surface area contributed by atoms with Crippen LogP contribution in [0.5, 0.6) is 11.5 Å². The lowest BCUT2D eigenvalue weighted by Crippen LogP contribution is -2.42. The van der Waals surface area contributed by atoms with Crippen molar-refractivity contribution in [1.82, 2.24) is 9.97 Å². The number of thiazole rings is 1. The van der Waals surface area contributed by atoms with E-state index in [0.29, 0.717) is 27.0 Å². The number of halogens is 1. The van der Waals surface area contributed by atoms with E-state index in [9.17, 15) is 9.59 Å². The molecule has 0 bridgehead atoms. The lowest BCUT2D eigenvalue weighted by Gasteiger charge is -2.32. The molecule has 192 valence electrons. The largest absolute Gasteiger partial charge is 0.496 e. The number of carbonyl (C=O) groups is 2. The zero-order chi connectivity index (χ0) is 25.9. The molecular formula is C28H28ClN3O4S. The fourth-order valence-corrected chi connectivity index (χ4v) is 5.95. The van der Waals surface area contributed by atoms with Gasteiger partial charge in [0.25, 0.3) is 0 Å². The van der Waals surface area contributed by atoms with E-state index in [4.69, 9.17) is 21.1 Å². The summed E-state index contributed by atoms with van der Waals surface area (Å²) in [6, 6.07) is 10.3. The minimum atomic E-state index is -0.568. The van der Waals surface area contributed by atoms with Crippen LogP contribution in [0.15, 0.2) is 48.0 Å². The Labute approximate surface area is 224 Å². The molecule has 0 saturated heterocycles. The predicted molar refractivity (Wildman–Crippen MR) is 146 cm³/mol. The summed E-state index contributed by atoms with van der Waals surface area (Å²) in [4.78, 5) is 37.0. The van der Waals surface area contributed by atoms with Gasteiger partial charge in [-0.2, -0.15) is 0 Å². The van der Waals surface area contributed by atoms with Crippen molar-refractivity contribution in [3.05, 3.63) is 69.8 Å². The lowest BCUT2D eigenvalue weighted by atomic mass is 9.93. The van der Waals surface area contributed by atoms with Crippen LogP contribution in [0.4, 0.5) is 5.13 Å². The minimum Gasteiger partial charge on any atom is -0.496 e. The first kappa shape index (κ1) is 25.3. The number of ether oxygens (including phenoxy) is 2. The van der Waals surface area contributed by atoms with Crippen molar-refractivity contribution in [2.24, 2.45) is 0 Å². The molecule has 1 aliphatic carbocycles. The van der Waals surface area contributed by atoms with Crippen LogP contribution in [-0.2, 0) is 11.2 Å². The fraction of sp³-hybridized carbons (Fsp3) is 0.321. The third-order valence-electron chi connectivity index (χ3n) is 6.85. The summed E-state index contributed by atoms with van der Waals surface area (Å²) in [7, 11) is 1.51. The number of H-pyrrole nitrogens is 1. The van der Waals surface area contributed by atoms with Gasteiger partial charge in [0.1, 0.15) is 17.1 Å². The molecule has 0 radical (unpaired) electrons. The molecule has 0 unspecified atom stereocenters. The number of aromatic amines is 1. The van der Waals surface area contributed by atoms with Gasteiger partial charge in [-0.3, -0.25) is 9.69 Å². The second kappa shape index (κ2) is 10.9. The van der Waals surface area contributed by atoms with E-state index in [0.717, 1.165) is 42.5 Å². The minimum absolute atomic E-state index is 0.0364. The molecule has 7 nitrogen and oxygen atoms in total. The highest BCUT2D eigenvalue weighted by molar-refractivity contribution is 7.13. The number of aromatic nitrogens is 2. The third-order valence-corrected chi connectivity index (χ3v) is 7.88. The van der Waals surface area contributed by atoms with Gasteiger partial charge in [-0.1, -0.05) is 30.9 Å². The molecule has 4 aromatic rings. The number of amides is 1. The van der Waals surface area contributed by atoms with Crippen LogP contribution in [0.2, 0.25) is 5.02 Å². The first-order valence-corrected chi connectivity index (χ1v) is 13.6. The summed E-state index contributed by atoms with van der Waals surface area (Å²) in [5, 5.41) is 3.79. The Bertz CT molecular complexity index is 1410. The van der Waals surface area contributed by atoms with Gasteiger partial charge in [0.2, 0.25) is 5.91 Å². The number of carbonyl (C=O) groups excluding carboxylic acids is 2. The zero-order valence-corrected chi connectivity index (χ0v) is 22.3. The molecule has 1 saturated carbocycles. The van der Waals surface area contributed by atoms with Gasteiger partial charge in [-0.15, -0.1) is 11.3 Å². The lowest BCUT2D eigenvalue weighted by molar-refractivity contribution is -0.118. The van der Waals surface area contributed by atoms with Crippen LogP contribution in [-0.4, -0.2) is 35.0 Å². The highest BCUT2D eigenvalue weighted by Crippen LogP contribution is 2.35. The first-order chi connectivity index (χ1) is 18.0. The van der Waals surface area contributed by atoms with E-state index in [-0.39, 0.29) is 23.9 Å². The highest BCUT2D eigenvalue weighted by atomic mass is 35.5. The molecule has 9 heteroatoms. The summed E-state index contributed by atoms with van der Waals surface area (Å²) >= 11 is 7.45. The Balaban J connectivity index is 1.54. The summed E-state index contributed by atoms with van der Waals surface area (Å²) < 4.78 is 11.2. The number of anilines is 1. The number of rotatable bonds is 7. The number of fused-ring (bicyclic) bond motifs is 1. The second-order valence-electron chi connectivity index (χ2n) is 9.18. The number of aryl methyl sites for hydroxylation is 1. The van der Waals surface area contributed by atoms with Gasteiger partial charge in [-0.05, 0) is 61.7 Å². The van der Waals surface area contributed by atoms with Gasteiger partial charge in [-0.25, -0.2) is 9.78 Å². The van der Waals surface area contributed by atoms with E-state index in [1.807, 2.05) is 23.3 Å². The maximum atomic E-state index is 13.9. The number of methoxy groups -OCH3 is 1. The van der Waals surface area contributed by atoms with Gasteiger partial charge in [0, 0.05) is 39.2 Å². The van der Waals surface area contributed by atoms with Gasteiger partial charge >= 0.3 is 5.97 Å². The van der Waals surface area contributed by atoms with Crippen molar-refractivity contribution in [3.8, 4) is 11.5 Å². The maximum Gasteiger partial charge on any atom is 0.348 e. The average molecular weight is 538 g/mol. The van der Waals surface area contributed by atoms with Gasteiger partial charge < -0.3 is 14.5 Å². The SMILES string of the molecule is COc1ccc2[nH]c(C)c(CC(=O)N(c3nccs3)C3CCCCC3)c2c1C(=O)Oc1ccc(Cl)cc1. The molecule has 2 aromatic heterocycles. The van der Waals surface area contributed by atoms with Crippen LogP contribution in [0.25, 0.3) is 10.9 Å². The van der Waals surface area contributed by atoms with Crippen molar-refractivity contribution in [1.29, 1.82) is 0 Å². The summed E-state index contributed by atoms with van der Waals surface area (Å²) in [6.45, 7) is 1.91. The quantitative estimate of drug-likeness (QED) is 0.209. The standard InChI is InChI=1S/C28H28ClN3O4S/c1-17-21(16-24(33)32(28-30-14-15-37-28)19-6-4-3-5-7-19)25-22(31-17)12-13-23(35-2)26(25)27(34)36-20-10-8-18(29)9-11-20/h8-15,19,31H,3-7,16H2,1-2H3. The molecule has 0 atom stereocenters. The molecular weight excluding hydrogens is 510 g/mol. The smallest absolute Gasteiger partial charge is 0.348 e. The Morgan fingerprint density at radius 3 is 2.57 bits per heavy atom. The van der Waals surface area contributed by atoms with Crippen molar-refractivity contribution in [3.63, 3.8) is 0 Å². The molecule has 1 N–H and O–H groups in total. The van der Waals surface area contributed by atoms with Crippen LogP contribution in [0.1, 0.15) is 53.7 Å². The summed E-state index contributed by atoms with van der Waals surface area (Å²) in [5.74, 6) is 0.140. The molecule has 37 heavy (non-hydrogen) atoms. The van der Waals surface area contributed by atoms with E-state index in [1.165, 1.54) is 24.9 Å². The molecule has 0 spiro atoms. The van der Waals surface area contributed by atoms with E-state index in [1.54, 1.807) is 36.5 Å². The van der Waals surface area contributed by atoms with E-state index in [2.05, 4.69) is 9.97 Å². The molecule has 2 aromatic carbocycles. The average Bonchev–Trinajstić information content (AvgIpc) is 3.54.